The molecule has 1 aliphatic heterocycles. The Kier molecular flexibility index (Phi) is 4.96. The molecule has 1 fully saturated rings. The van der Waals surface area contributed by atoms with Crippen molar-refractivity contribution in [3.05, 3.63) is 29.6 Å². The second-order valence-corrected chi connectivity index (χ2v) is 4.51. The van der Waals surface area contributed by atoms with Gasteiger partial charge >= 0.3 is 0 Å². The van der Waals surface area contributed by atoms with E-state index >= 15 is 0 Å². The number of halogens is 1. The van der Waals surface area contributed by atoms with Gasteiger partial charge in [-0.25, -0.2) is 4.39 Å². The quantitative estimate of drug-likeness (QED) is 0.802. The number of hydrogen-bond donors (Lipinski definition) is 0. The summed E-state index contributed by atoms with van der Waals surface area (Å²) in [7, 11) is 1.62. The van der Waals surface area contributed by atoms with Crippen molar-refractivity contribution >= 4 is 0 Å². The van der Waals surface area contributed by atoms with Gasteiger partial charge < -0.3 is 9.47 Å². The van der Waals surface area contributed by atoms with Crippen LogP contribution in [0, 0.1) is 5.82 Å². The monoisotopic (exact) mass is 253 g/mol. The molecule has 1 heterocycles. The molecular weight excluding hydrogens is 233 g/mol. The Bertz CT molecular complexity index is 378. The zero-order valence-corrected chi connectivity index (χ0v) is 10.8. The Labute approximate surface area is 107 Å². The maximum Gasteiger partial charge on any atom is 0.123 e. The molecule has 0 radical (unpaired) electrons. The van der Waals surface area contributed by atoms with Gasteiger partial charge in [0.2, 0.25) is 0 Å². The molecule has 18 heavy (non-hydrogen) atoms. The summed E-state index contributed by atoms with van der Waals surface area (Å²) in [4.78, 5) is 2.38. The number of morpholine rings is 1. The molecular formula is C14H20FNO2. The van der Waals surface area contributed by atoms with E-state index in [1.54, 1.807) is 19.2 Å². The molecule has 100 valence electrons. The van der Waals surface area contributed by atoms with Gasteiger partial charge in [0, 0.05) is 13.1 Å². The van der Waals surface area contributed by atoms with Gasteiger partial charge in [-0.3, -0.25) is 4.90 Å². The van der Waals surface area contributed by atoms with Gasteiger partial charge in [0.05, 0.1) is 20.3 Å². The fourth-order valence-corrected chi connectivity index (χ4v) is 2.26. The van der Waals surface area contributed by atoms with E-state index in [0.717, 1.165) is 57.0 Å². The van der Waals surface area contributed by atoms with Crippen molar-refractivity contribution in [2.75, 3.05) is 40.0 Å². The van der Waals surface area contributed by atoms with Crippen molar-refractivity contribution in [1.82, 2.24) is 4.90 Å². The number of nitrogens with zero attached hydrogens (tertiary/aromatic N) is 1. The fraction of sp³-hybridized carbons (Fsp3) is 0.571. The van der Waals surface area contributed by atoms with Gasteiger partial charge in [-0.2, -0.15) is 0 Å². The zero-order valence-electron chi connectivity index (χ0n) is 10.8. The Morgan fingerprint density at radius 2 is 2.11 bits per heavy atom. The molecule has 0 amide bonds. The first-order chi connectivity index (χ1) is 8.79. The lowest BCUT2D eigenvalue weighted by Gasteiger charge is -2.26. The highest BCUT2D eigenvalue weighted by atomic mass is 19.1. The second-order valence-electron chi connectivity index (χ2n) is 4.51. The molecule has 0 spiro atoms. The molecule has 1 aromatic carbocycles. The van der Waals surface area contributed by atoms with Crippen molar-refractivity contribution < 1.29 is 13.9 Å². The molecule has 0 aliphatic carbocycles. The molecule has 0 atom stereocenters. The van der Waals surface area contributed by atoms with Crippen molar-refractivity contribution in [1.29, 1.82) is 0 Å². The third kappa shape index (κ3) is 3.68. The molecule has 0 saturated carbocycles. The molecule has 0 unspecified atom stereocenters. The normalized spacial score (nSPS) is 16.8. The van der Waals surface area contributed by atoms with Crippen LogP contribution >= 0.6 is 0 Å². The van der Waals surface area contributed by atoms with E-state index in [-0.39, 0.29) is 5.82 Å². The van der Waals surface area contributed by atoms with Crippen LogP contribution in [-0.2, 0) is 11.2 Å². The first kappa shape index (κ1) is 13.3. The average molecular weight is 253 g/mol. The molecule has 1 aromatic rings. The Hall–Kier alpha value is -1.13. The number of aryl methyl sites for hydroxylation is 1. The van der Waals surface area contributed by atoms with Crippen molar-refractivity contribution in [3.8, 4) is 5.75 Å². The van der Waals surface area contributed by atoms with E-state index in [2.05, 4.69) is 4.90 Å². The predicted molar refractivity (Wildman–Crippen MR) is 68.5 cm³/mol. The first-order valence-corrected chi connectivity index (χ1v) is 6.42. The van der Waals surface area contributed by atoms with E-state index in [0.29, 0.717) is 0 Å². The summed E-state index contributed by atoms with van der Waals surface area (Å²) in [6, 6.07) is 4.70. The van der Waals surface area contributed by atoms with Gasteiger partial charge in [-0.15, -0.1) is 0 Å². The standard InChI is InChI=1S/C14H20FNO2/c1-17-14-5-4-13(15)11-12(14)3-2-6-16-7-9-18-10-8-16/h4-5,11H,2-3,6-10H2,1H3. The highest BCUT2D eigenvalue weighted by Gasteiger charge is 2.10. The predicted octanol–water partition coefficient (Wildman–Crippen LogP) is 2.10. The van der Waals surface area contributed by atoms with Gasteiger partial charge in [0.15, 0.2) is 0 Å². The number of methoxy groups -OCH3 is 1. The van der Waals surface area contributed by atoms with Crippen LogP contribution in [0.25, 0.3) is 0 Å². The molecule has 0 N–H and O–H groups in total. The number of ether oxygens (including phenoxy) is 2. The van der Waals surface area contributed by atoms with E-state index in [4.69, 9.17) is 9.47 Å². The summed E-state index contributed by atoms with van der Waals surface area (Å²) < 4.78 is 23.7. The summed E-state index contributed by atoms with van der Waals surface area (Å²) >= 11 is 0. The topological polar surface area (TPSA) is 21.7 Å². The molecule has 1 saturated heterocycles. The van der Waals surface area contributed by atoms with Crippen LogP contribution in [0.2, 0.25) is 0 Å². The Morgan fingerprint density at radius 3 is 2.83 bits per heavy atom. The van der Waals surface area contributed by atoms with E-state index < -0.39 is 0 Å². The second kappa shape index (κ2) is 6.71. The van der Waals surface area contributed by atoms with Crippen LogP contribution in [0.3, 0.4) is 0 Å². The summed E-state index contributed by atoms with van der Waals surface area (Å²) in [5.74, 6) is 0.579. The van der Waals surface area contributed by atoms with E-state index in [9.17, 15) is 4.39 Å². The molecule has 4 heteroatoms. The lowest BCUT2D eigenvalue weighted by Crippen LogP contribution is -2.36. The Morgan fingerprint density at radius 1 is 1.33 bits per heavy atom. The SMILES string of the molecule is COc1ccc(F)cc1CCCN1CCOCC1. The maximum atomic E-state index is 13.2. The highest BCUT2D eigenvalue weighted by Crippen LogP contribution is 2.20. The molecule has 3 nitrogen and oxygen atoms in total. The molecule has 1 aliphatic rings. The minimum Gasteiger partial charge on any atom is -0.496 e. The number of hydrogen-bond acceptors (Lipinski definition) is 3. The number of rotatable bonds is 5. The Balaban J connectivity index is 1.83. The van der Waals surface area contributed by atoms with E-state index in [1.807, 2.05) is 0 Å². The van der Waals surface area contributed by atoms with Gasteiger partial charge in [0.1, 0.15) is 11.6 Å². The van der Waals surface area contributed by atoms with Crippen LogP contribution < -0.4 is 4.74 Å². The maximum absolute atomic E-state index is 13.2. The molecule has 2 rings (SSSR count). The third-order valence-electron chi connectivity index (χ3n) is 3.27. The smallest absolute Gasteiger partial charge is 0.123 e. The summed E-state index contributed by atoms with van der Waals surface area (Å²) in [5.41, 5.74) is 0.950. The lowest BCUT2D eigenvalue weighted by molar-refractivity contribution is 0.0374. The van der Waals surface area contributed by atoms with Crippen LogP contribution in [-0.4, -0.2) is 44.9 Å². The van der Waals surface area contributed by atoms with Crippen LogP contribution in [0.15, 0.2) is 18.2 Å². The molecule has 0 aromatic heterocycles. The van der Waals surface area contributed by atoms with Gasteiger partial charge in [-0.05, 0) is 43.1 Å². The van der Waals surface area contributed by atoms with Crippen LogP contribution in [0.1, 0.15) is 12.0 Å². The summed E-state index contributed by atoms with van der Waals surface area (Å²) in [6.07, 6.45) is 1.86. The van der Waals surface area contributed by atoms with E-state index in [1.165, 1.54) is 6.07 Å². The number of benzene rings is 1. The van der Waals surface area contributed by atoms with Crippen molar-refractivity contribution in [2.45, 2.75) is 12.8 Å². The highest BCUT2D eigenvalue weighted by molar-refractivity contribution is 5.33. The van der Waals surface area contributed by atoms with Crippen LogP contribution in [0.5, 0.6) is 5.75 Å². The minimum atomic E-state index is -0.197. The van der Waals surface area contributed by atoms with Gasteiger partial charge in [-0.1, -0.05) is 0 Å². The fourth-order valence-electron chi connectivity index (χ4n) is 2.26. The minimum absolute atomic E-state index is 0.197. The van der Waals surface area contributed by atoms with Gasteiger partial charge in [0.25, 0.3) is 0 Å². The first-order valence-electron chi connectivity index (χ1n) is 6.42. The molecule has 0 bridgehead atoms. The summed E-state index contributed by atoms with van der Waals surface area (Å²) in [5, 5.41) is 0. The largest absolute Gasteiger partial charge is 0.496 e. The lowest BCUT2D eigenvalue weighted by atomic mass is 10.1. The third-order valence-corrected chi connectivity index (χ3v) is 3.27. The van der Waals surface area contributed by atoms with Crippen molar-refractivity contribution in [2.24, 2.45) is 0 Å². The van der Waals surface area contributed by atoms with Crippen LogP contribution in [0.4, 0.5) is 4.39 Å². The zero-order chi connectivity index (χ0) is 12.8. The average Bonchev–Trinajstić information content (AvgIpc) is 2.40. The summed E-state index contributed by atoms with van der Waals surface area (Å²) in [6.45, 7) is 4.68. The van der Waals surface area contributed by atoms with Crippen molar-refractivity contribution in [3.63, 3.8) is 0 Å².